The van der Waals surface area contributed by atoms with Crippen molar-refractivity contribution >= 4 is 6.47 Å². The van der Waals surface area contributed by atoms with Gasteiger partial charge in [0.15, 0.2) is 0 Å². The first-order valence-corrected chi connectivity index (χ1v) is 7.05. The lowest BCUT2D eigenvalue weighted by atomic mass is 10.1. The molecule has 118 valence electrons. The maximum atomic E-state index is 9.75. The summed E-state index contributed by atoms with van der Waals surface area (Å²) < 4.78 is 9.94. The van der Waals surface area contributed by atoms with Crippen LogP contribution in [0.5, 0.6) is 5.75 Å². The zero-order valence-electron chi connectivity index (χ0n) is 13.1. The van der Waals surface area contributed by atoms with Gasteiger partial charge in [-0.3, -0.25) is 4.79 Å². The molecule has 22 heavy (non-hydrogen) atoms. The van der Waals surface area contributed by atoms with Crippen LogP contribution in [-0.2, 0) is 9.53 Å². The third-order valence-corrected chi connectivity index (χ3v) is 3.50. The van der Waals surface area contributed by atoms with Crippen LogP contribution in [0.4, 0.5) is 0 Å². The molecule has 0 aromatic heterocycles. The lowest BCUT2D eigenvalue weighted by Crippen LogP contribution is -2.35. The van der Waals surface area contributed by atoms with Crippen LogP contribution in [0.15, 0.2) is 66.8 Å². The highest BCUT2D eigenvalue weighted by Gasteiger charge is 2.30. The minimum atomic E-state index is 0.121. The van der Waals surface area contributed by atoms with E-state index in [1.165, 1.54) is 5.57 Å². The van der Waals surface area contributed by atoms with Crippen LogP contribution in [0.1, 0.15) is 6.42 Å². The standard InChI is InChI=1S/C11H17NO.C7H6O2/c1-5-8-7-10(12-3)11(13-4)9(8)6-2;8-6-9-7-4-2-1-3-5-7/h5-6,10-12H,1-2,7H2,3-4H3;1-6H. The SMILES string of the molecule is C=CC1=C(C=C)C(OC)C(NC)C1.O=COc1ccccc1. The van der Waals surface area contributed by atoms with Gasteiger partial charge in [-0.2, -0.15) is 0 Å². The quantitative estimate of drug-likeness (QED) is 0.821. The van der Waals surface area contributed by atoms with Crippen LogP contribution in [0, 0.1) is 0 Å². The monoisotopic (exact) mass is 301 g/mol. The van der Waals surface area contributed by atoms with Crippen LogP contribution in [0.25, 0.3) is 0 Å². The van der Waals surface area contributed by atoms with Gasteiger partial charge in [-0.05, 0) is 36.7 Å². The number of carbonyl (C=O) groups is 1. The molecule has 0 spiro atoms. The summed E-state index contributed by atoms with van der Waals surface area (Å²) in [6, 6.07) is 9.25. The molecule has 0 heterocycles. The van der Waals surface area contributed by atoms with Crippen molar-refractivity contribution in [2.24, 2.45) is 0 Å². The average Bonchev–Trinajstić information content (AvgIpc) is 2.93. The summed E-state index contributed by atoms with van der Waals surface area (Å²) in [7, 11) is 3.67. The Kier molecular flexibility index (Phi) is 7.89. The number of rotatable bonds is 6. The minimum Gasteiger partial charge on any atom is -0.429 e. The topological polar surface area (TPSA) is 47.6 Å². The van der Waals surface area contributed by atoms with Gasteiger partial charge in [0, 0.05) is 13.2 Å². The largest absolute Gasteiger partial charge is 0.429 e. The molecule has 0 radical (unpaired) electrons. The smallest absolute Gasteiger partial charge is 0.298 e. The van der Waals surface area contributed by atoms with Crippen molar-refractivity contribution in [2.75, 3.05) is 14.2 Å². The van der Waals surface area contributed by atoms with Gasteiger partial charge in [-0.1, -0.05) is 43.5 Å². The van der Waals surface area contributed by atoms with Crippen molar-refractivity contribution < 1.29 is 14.3 Å². The molecule has 0 bridgehead atoms. The summed E-state index contributed by atoms with van der Waals surface area (Å²) in [5, 5.41) is 3.23. The van der Waals surface area contributed by atoms with E-state index in [1.54, 1.807) is 31.4 Å². The number of hydrogen-bond donors (Lipinski definition) is 1. The molecule has 0 saturated heterocycles. The molecule has 0 aliphatic heterocycles. The molecule has 0 saturated carbocycles. The Morgan fingerprint density at radius 3 is 2.36 bits per heavy atom. The summed E-state index contributed by atoms with van der Waals surface area (Å²) in [6.45, 7) is 8.00. The zero-order valence-corrected chi connectivity index (χ0v) is 13.1. The van der Waals surface area contributed by atoms with Gasteiger partial charge in [0.1, 0.15) is 5.75 Å². The molecular weight excluding hydrogens is 278 g/mol. The molecule has 1 aliphatic carbocycles. The second kappa shape index (κ2) is 9.71. The number of hydrogen-bond acceptors (Lipinski definition) is 4. The van der Waals surface area contributed by atoms with E-state index in [-0.39, 0.29) is 6.10 Å². The van der Waals surface area contributed by atoms with Gasteiger partial charge in [0.2, 0.25) is 0 Å². The highest BCUT2D eigenvalue weighted by atomic mass is 16.5. The van der Waals surface area contributed by atoms with Crippen molar-refractivity contribution in [2.45, 2.75) is 18.6 Å². The number of carbonyl (C=O) groups excluding carboxylic acids is 1. The molecule has 4 nitrogen and oxygen atoms in total. The van der Waals surface area contributed by atoms with E-state index in [4.69, 9.17) is 4.74 Å². The average molecular weight is 301 g/mol. The first-order chi connectivity index (χ1) is 10.7. The summed E-state index contributed by atoms with van der Waals surface area (Å²) in [5.41, 5.74) is 2.40. The Bertz CT molecular complexity index is 522. The third kappa shape index (κ3) is 4.69. The molecule has 2 atom stereocenters. The maximum Gasteiger partial charge on any atom is 0.298 e. The Hall–Kier alpha value is -2.17. The van der Waals surface area contributed by atoms with E-state index in [2.05, 4.69) is 23.2 Å². The minimum absolute atomic E-state index is 0.121. The Labute approximate surface area is 132 Å². The van der Waals surface area contributed by atoms with Crippen molar-refractivity contribution in [1.29, 1.82) is 0 Å². The summed E-state index contributed by atoms with van der Waals surface area (Å²) in [5.74, 6) is 0.576. The summed E-state index contributed by atoms with van der Waals surface area (Å²) in [6.07, 6.45) is 4.85. The number of allylic oxidation sites excluding steroid dienone is 1. The van der Waals surface area contributed by atoms with Crippen molar-refractivity contribution in [3.63, 3.8) is 0 Å². The second-order valence-corrected chi connectivity index (χ2v) is 4.67. The number of nitrogens with one attached hydrogen (secondary N) is 1. The van der Waals surface area contributed by atoms with Crippen LogP contribution in [0.2, 0.25) is 0 Å². The van der Waals surface area contributed by atoms with Gasteiger partial charge < -0.3 is 14.8 Å². The fourth-order valence-corrected chi connectivity index (χ4v) is 2.41. The predicted molar refractivity (Wildman–Crippen MR) is 88.8 cm³/mol. The highest BCUT2D eigenvalue weighted by Crippen LogP contribution is 2.30. The lowest BCUT2D eigenvalue weighted by molar-refractivity contribution is -0.120. The molecule has 1 aromatic carbocycles. The molecule has 2 rings (SSSR count). The van der Waals surface area contributed by atoms with E-state index in [0.717, 1.165) is 12.0 Å². The second-order valence-electron chi connectivity index (χ2n) is 4.67. The molecule has 1 aliphatic rings. The third-order valence-electron chi connectivity index (χ3n) is 3.50. The van der Waals surface area contributed by atoms with E-state index in [0.29, 0.717) is 18.3 Å². The molecular formula is C18H23NO3. The summed E-state index contributed by atoms with van der Waals surface area (Å²) in [4.78, 5) is 9.75. The molecule has 1 aromatic rings. The number of methoxy groups -OCH3 is 1. The zero-order chi connectivity index (χ0) is 16.4. The predicted octanol–water partition coefficient (Wildman–Crippen LogP) is 2.88. The van der Waals surface area contributed by atoms with Gasteiger partial charge >= 0.3 is 0 Å². The van der Waals surface area contributed by atoms with Crippen molar-refractivity contribution in [3.8, 4) is 5.75 Å². The van der Waals surface area contributed by atoms with Crippen LogP contribution < -0.4 is 10.1 Å². The Morgan fingerprint density at radius 1 is 1.23 bits per heavy atom. The highest BCUT2D eigenvalue weighted by molar-refractivity contribution is 5.44. The number of benzene rings is 1. The summed E-state index contributed by atoms with van der Waals surface area (Å²) >= 11 is 0. The molecule has 0 fully saturated rings. The van der Waals surface area contributed by atoms with E-state index in [9.17, 15) is 4.79 Å². The fraction of sp³-hybridized carbons (Fsp3) is 0.278. The van der Waals surface area contributed by atoms with Crippen molar-refractivity contribution in [1.82, 2.24) is 5.32 Å². The number of para-hydroxylation sites is 1. The fourth-order valence-electron chi connectivity index (χ4n) is 2.41. The van der Waals surface area contributed by atoms with Gasteiger partial charge in [0.25, 0.3) is 6.47 Å². The number of ether oxygens (including phenoxy) is 2. The Morgan fingerprint density at radius 2 is 1.91 bits per heavy atom. The van der Waals surface area contributed by atoms with E-state index < -0.39 is 0 Å². The van der Waals surface area contributed by atoms with E-state index in [1.807, 2.05) is 25.3 Å². The van der Waals surface area contributed by atoms with Crippen LogP contribution in [0.3, 0.4) is 0 Å². The maximum absolute atomic E-state index is 9.75. The van der Waals surface area contributed by atoms with E-state index >= 15 is 0 Å². The van der Waals surface area contributed by atoms with Gasteiger partial charge in [-0.25, -0.2) is 0 Å². The van der Waals surface area contributed by atoms with Gasteiger partial charge in [0.05, 0.1) is 6.10 Å². The normalized spacial score (nSPS) is 19.9. The molecule has 1 N–H and O–H groups in total. The first kappa shape index (κ1) is 17.9. The van der Waals surface area contributed by atoms with Crippen LogP contribution >= 0.6 is 0 Å². The van der Waals surface area contributed by atoms with Gasteiger partial charge in [-0.15, -0.1) is 0 Å². The molecule has 2 unspecified atom stereocenters. The van der Waals surface area contributed by atoms with Crippen molar-refractivity contribution in [3.05, 3.63) is 66.8 Å². The molecule has 0 amide bonds. The number of likely N-dealkylation sites (N-methyl/N-ethyl adjacent to an activating group) is 1. The van der Waals surface area contributed by atoms with Crippen LogP contribution in [-0.4, -0.2) is 32.8 Å². The Balaban J connectivity index is 0.000000235. The lowest BCUT2D eigenvalue weighted by Gasteiger charge is -2.19. The first-order valence-electron chi connectivity index (χ1n) is 7.05. The molecule has 4 heteroatoms.